The summed E-state index contributed by atoms with van der Waals surface area (Å²) in [7, 11) is 0. The molecule has 0 bridgehead atoms. The number of hydrogen-bond acceptors (Lipinski definition) is 12. The number of hydrogen-bond donors (Lipinski definition) is 3. The molecule has 1 saturated heterocycles. The molecule has 0 aromatic heterocycles. The summed E-state index contributed by atoms with van der Waals surface area (Å²) in [6.07, 6.45) is -1.73. The van der Waals surface area contributed by atoms with Crippen molar-refractivity contribution in [2.45, 2.75) is 84.7 Å². The first kappa shape index (κ1) is 44.6. The fourth-order valence-corrected chi connectivity index (χ4v) is 7.43. The summed E-state index contributed by atoms with van der Waals surface area (Å²) in [4.78, 5) is 60.7. The van der Waals surface area contributed by atoms with E-state index in [0.717, 1.165) is 0 Å². The van der Waals surface area contributed by atoms with Crippen LogP contribution in [0.1, 0.15) is 89.4 Å². The fourth-order valence-electron chi connectivity index (χ4n) is 7.13. The van der Waals surface area contributed by atoms with Gasteiger partial charge in [-0.2, -0.15) is 0 Å². The third kappa shape index (κ3) is 10.3. The number of esters is 1. The van der Waals surface area contributed by atoms with E-state index in [1.54, 1.807) is 92.6 Å². The van der Waals surface area contributed by atoms with E-state index in [1.807, 2.05) is 4.90 Å². The summed E-state index contributed by atoms with van der Waals surface area (Å²) in [5.74, 6) is -0.199. The van der Waals surface area contributed by atoms with Gasteiger partial charge in [-0.25, -0.2) is 19.2 Å². The van der Waals surface area contributed by atoms with Crippen molar-refractivity contribution in [3.63, 3.8) is 0 Å². The van der Waals surface area contributed by atoms with Gasteiger partial charge in [-0.1, -0.05) is 6.07 Å². The minimum atomic E-state index is -1.44. The summed E-state index contributed by atoms with van der Waals surface area (Å²) in [6, 6.07) is 14.2. The van der Waals surface area contributed by atoms with Crippen molar-refractivity contribution in [2.24, 2.45) is 0 Å². The van der Waals surface area contributed by atoms with E-state index in [2.05, 4.69) is 5.32 Å². The number of ether oxygens (including phenoxy) is 5. The third-order valence-corrected chi connectivity index (χ3v) is 10.2. The highest BCUT2D eigenvalue weighted by molar-refractivity contribution is 7.80. The van der Waals surface area contributed by atoms with Crippen LogP contribution in [-0.4, -0.2) is 128 Å². The van der Waals surface area contributed by atoms with Gasteiger partial charge < -0.3 is 58.8 Å². The van der Waals surface area contributed by atoms with Gasteiger partial charge >= 0.3 is 24.2 Å². The third-order valence-electron chi connectivity index (χ3n) is 9.83. The molecular weight excluding hydrogens is 807 g/mol. The maximum atomic E-state index is 13.8. The van der Waals surface area contributed by atoms with Crippen LogP contribution < -0.4 is 10.1 Å². The monoisotopic (exact) mass is 861 g/mol. The highest BCUT2D eigenvalue weighted by Crippen LogP contribution is 2.57. The number of carbonyl (C=O) groups is 4. The number of nitrogens with one attached hydrogen (secondary N) is 1. The van der Waals surface area contributed by atoms with E-state index >= 15 is 0 Å². The Morgan fingerprint density at radius 2 is 0.984 bits per heavy atom. The second-order valence-electron chi connectivity index (χ2n) is 18.1. The molecule has 0 aliphatic carbocycles. The fraction of sp³-hybridized carbons (Fsp3) is 0.477. The molecule has 3 aromatic rings. The van der Waals surface area contributed by atoms with Crippen LogP contribution in [0.15, 0.2) is 54.6 Å². The van der Waals surface area contributed by atoms with Crippen molar-refractivity contribution >= 4 is 47.3 Å². The van der Waals surface area contributed by atoms with Crippen molar-refractivity contribution in [3.05, 3.63) is 76.9 Å². The summed E-state index contributed by atoms with van der Waals surface area (Å²) in [6.45, 7) is 17.0. The Balaban J connectivity index is 1.30. The van der Waals surface area contributed by atoms with Gasteiger partial charge in [0.15, 0.2) is 10.7 Å². The topological polar surface area (TPSA) is 180 Å². The normalized spacial score (nSPS) is 16.8. The van der Waals surface area contributed by atoms with E-state index in [4.69, 9.17) is 35.9 Å². The van der Waals surface area contributed by atoms with E-state index < -0.39 is 46.7 Å². The van der Waals surface area contributed by atoms with Crippen LogP contribution in [0.25, 0.3) is 0 Å². The second-order valence-corrected chi connectivity index (χ2v) is 18.5. The lowest BCUT2D eigenvalue weighted by Gasteiger charge is -2.36. The quantitative estimate of drug-likeness (QED) is 0.125. The smallest absolute Gasteiger partial charge is 0.410 e. The molecule has 328 valence electrons. The molecule has 16 nitrogen and oxygen atoms in total. The molecule has 3 aromatic carbocycles. The van der Waals surface area contributed by atoms with Gasteiger partial charge in [0.05, 0.1) is 5.56 Å². The molecule has 0 radical (unpaired) electrons. The largest absolute Gasteiger partial charge is 0.508 e. The maximum absolute atomic E-state index is 13.8. The summed E-state index contributed by atoms with van der Waals surface area (Å²) in [5, 5.41) is 24.1. The van der Waals surface area contributed by atoms with E-state index in [1.165, 1.54) is 39.0 Å². The summed E-state index contributed by atoms with van der Waals surface area (Å²) < 4.78 is 29.5. The van der Waals surface area contributed by atoms with Crippen LogP contribution in [0.2, 0.25) is 0 Å². The number of thiocarbonyl (C=S) groups is 1. The van der Waals surface area contributed by atoms with Gasteiger partial charge in [0, 0.05) is 86.9 Å². The standard InChI is InChI=1S/C44H55N5O11S/c1-41(2,3)58-38(53)47-18-16-46(17-19-48(39(54)59-42(4,5)6)21-23-49(22-20-47)40(55)60-43(7,8)9)37(61)45-27-10-13-31-30(24-27)36(52)57-44(31)32-14-11-28(50)25-34(32)56-35-26-29(51)12-15-33(35)44/h10-15,24-26,50-51H,16-23H2,1-9H3,(H,45,61). The Hall–Kier alpha value is -5.97. The number of rotatable bonds is 1. The van der Waals surface area contributed by atoms with Crippen molar-refractivity contribution < 1.29 is 53.1 Å². The first-order chi connectivity index (χ1) is 28.4. The number of phenols is 2. The highest BCUT2D eigenvalue weighted by Gasteiger charge is 2.53. The molecule has 1 spiro atoms. The van der Waals surface area contributed by atoms with Gasteiger partial charge in [-0.05, 0) is 111 Å². The molecule has 17 heteroatoms. The first-order valence-electron chi connectivity index (χ1n) is 20.1. The number of fused-ring (bicyclic) bond motifs is 6. The molecule has 61 heavy (non-hydrogen) atoms. The Morgan fingerprint density at radius 1 is 0.607 bits per heavy atom. The zero-order valence-electron chi connectivity index (χ0n) is 36.1. The predicted octanol–water partition coefficient (Wildman–Crippen LogP) is 7.39. The number of nitrogens with zero attached hydrogens (tertiary/aromatic N) is 4. The van der Waals surface area contributed by atoms with Crippen LogP contribution >= 0.6 is 12.2 Å². The Labute approximate surface area is 361 Å². The van der Waals surface area contributed by atoms with Crippen LogP contribution in [0.4, 0.5) is 20.1 Å². The lowest BCUT2D eigenvalue weighted by Crippen LogP contribution is -2.52. The molecule has 3 N–H and O–H groups in total. The van der Waals surface area contributed by atoms with Gasteiger partial charge in [-0.3, -0.25) is 0 Å². The number of aromatic hydroxyl groups is 2. The van der Waals surface area contributed by atoms with Crippen LogP contribution in [0, 0.1) is 0 Å². The zero-order valence-corrected chi connectivity index (χ0v) is 36.9. The van der Waals surface area contributed by atoms with Crippen molar-refractivity contribution in [2.75, 3.05) is 57.7 Å². The number of benzene rings is 3. The maximum Gasteiger partial charge on any atom is 0.410 e. The summed E-state index contributed by atoms with van der Waals surface area (Å²) in [5.41, 5.74) is -1.58. The van der Waals surface area contributed by atoms with E-state index in [0.29, 0.717) is 22.4 Å². The molecule has 6 rings (SSSR count). The Kier molecular flexibility index (Phi) is 12.3. The molecule has 0 atom stereocenters. The first-order valence-corrected chi connectivity index (χ1v) is 20.6. The van der Waals surface area contributed by atoms with Crippen LogP contribution in [-0.2, 0) is 24.5 Å². The Bertz CT molecular complexity index is 2110. The van der Waals surface area contributed by atoms with Gasteiger partial charge in [0.2, 0.25) is 0 Å². The van der Waals surface area contributed by atoms with Gasteiger partial charge in [-0.15, -0.1) is 0 Å². The molecule has 0 unspecified atom stereocenters. The second kappa shape index (κ2) is 16.8. The van der Waals surface area contributed by atoms with Gasteiger partial charge in [0.1, 0.15) is 39.8 Å². The molecule has 3 aliphatic heterocycles. The van der Waals surface area contributed by atoms with Crippen LogP contribution in [0.5, 0.6) is 23.0 Å². The van der Waals surface area contributed by atoms with E-state index in [-0.39, 0.29) is 86.0 Å². The van der Waals surface area contributed by atoms with Gasteiger partial charge in [0.25, 0.3) is 0 Å². The average Bonchev–Trinajstić information content (AvgIpc) is 3.40. The highest BCUT2D eigenvalue weighted by atomic mass is 32.1. The molecule has 3 heterocycles. The lowest BCUT2D eigenvalue weighted by molar-refractivity contribution is 0.00619. The number of phenolic OH excluding ortho intramolecular Hbond substituents is 2. The number of anilines is 1. The molecule has 0 saturated carbocycles. The van der Waals surface area contributed by atoms with Crippen molar-refractivity contribution in [1.82, 2.24) is 19.6 Å². The summed E-state index contributed by atoms with van der Waals surface area (Å²) >= 11 is 5.99. The average molecular weight is 862 g/mol. The minimum Gasteiger partial charge on any atom is -0.508 e. The van der Waals surface area contributed by atoms with Crippen molar-refractivity contribution in [3.8, 4) is 23.0 Å². The Morgan fingerprint density at radius 3 is 1.38 bits per heavy atom. The zero-order chi connectivity index (χ0) is 44.7. The number of amides is 3. The lowest BCUT2D eigenvalue weighted by atomic mass is 9.77. The molecular formula is C44H55N5O11S. The minimum absolute atomic E-state index is 0.0527. The van der Waals surface area contributed by atoms with Crippen molar-refractivity contribution in [1.29, 1.82) is 0 Å². The number of carbonyl (C=O) groups excluding carboxylic acids is 4. The molecule has 3 aliphatic rings. The van der Waals surface area contributed by atoms with Crippen LogP contribution in [0.3, 0.4) is 0 Å². The predicted molar refractivity (Wildman–Crippen MR) is 229 cm³/mol. The van der Waals surface area contributed by atoms with E-state index in [9.17, 15) is 29.4 Å². The molecule has 3 amide bonds. The SMILES string of the molecule is CC(C)(C)OC(=O)N1CCN(C(=O)OC(C)(C)C)CCN(C(=S)Nc2ccc3c(c2)C(=O)OC32c3ccc(O)cc3Oc3cc(O)ccc32)CCN(C(=O)OC(C)(C)C)CC1. The molecule has 1 fully saturated rings.